The third kappa shape index (κ3) is 4.71. The molecular formula is C26H30F3N7O. The first-order chi connectivity index (χ1) is 17.9. The van der Waals surface area contributed by atoms with Gasteiger partial charge in [0.1, 0.15) is 5.82 Å². The summed E-state index contributed by atoms with van der Waals surface area (Å²) in [6, 6.07) is 7.83. The molecule has 1 saturated carbocycles. The lowest BCUT2D eigenvalue weighted by Gasteiger charge is -2.39. The van der Waals surface area contributed by atoms with Crippen LogP contribution in [0.5, 0.6) is 5.88 Å². The van der Waals surface area contributed by atoms with E-state index in [4.69, 9.17) is 14.8 Å². The molecule has 2 fully saturated rings. The Morgan fingerprint density at radius 3 is 2.62 bits per heavy atom. The number of hydrogen-bond donors (Lipinski definition) is 1. The molecule has 196 valence electrons. The molecule has 37 heavy (non-hydrogen) atoms. The Labute approximate surface area is 213 Å². The van der Waals surface area contributed by atoms with Crippen LogP contribution in [0.1, 0.15) is 55.0 Å². The number of ether oxygens (including phenoxy) is 1. The molecule has 2 aromatic heterocycles. The fraction of sp³-hybridized carbons (Fsp3) is 0.538. The Kier molecular flexibility index (Phi) is 6.16. The first-order valence-corrected chi connectivity index (χ1v) is 12.9. The number of benzene rings is 1. The predicted octanol–water partition coefficient (Wildman–Crippen LogP) is 4.74. The van der Waals surface area contributed by atoms with Crippen molar-refractivity contribution in [1.29, 1.82) is 0 Å². The predicted molar refractivity (Wildman–Crippen MR) is 132 cm³/mol. The fourth-order valence-corrected chi connectivity index (χ4v) is 6.25. The Bertz CT molecular complexity index is 1250. The van der Waals surface area contributed by atoms with Crippen LogP contribution in [0.4, 0.5) is 24.8 Å². The number of methoxy groups -OCH3 is 1. The molecule has 2 aliphatic heterocycles. The third-order valence-electron chi connectivity index (χ3n) is 8.06. The Morgan fingerprint density at radius 2 is 1.86 bits per heavy atom. The third-order valence-corrected chi connectivity index (χ3v) is 8.06. The molecular weight excluding hydrogens is 483 g/mol. The molecule has 4 heterocycles. The summed E-state index contributed by atoms with van der Waals surface area (Å²) in [4.78, 5) is 7.21. The minimum Gasteiger partial charge on any atom is -0.480 e. The van der Waals surface area contributed by atoms with Crippen LogP contribution in [0.3, 0.4) is 0 Å². The van der Waals surface area contributed by atoms with E-state index in [1.165, 1.54) is 12.1 Å². The lowest BCUT2D eigenvalue weighted by Crippen LogP contribution is -2.48. The van der Waals surface area contributed by atoms with Crippen molar-refractivity contribution in [1.82, 2.24) is 25.0 Å². The molecule has 8 nitrogen and oxygen atoms in total. The van der Waals surface area contributed by atoms with E-state index in [0.29, 0.717) is 29.2 Å². The summed E-state index contributed by atoms with van der Waals surface area (Å²) in [6.45, 7) is 2.51. The van der Waals surface area contributed by atoms with Crippen LogP contribution in [0.15, 0.2) is 36.5 Å². The number of aryl methyl sites for hydroxylation is 1. The summed E-state index contributed by atoms with van der Waals surface area (Å²) in [7, 11) is 1.59. The topological polar surface area (TPSA) is 81.0 Å². The van der Waals surface area contributed by atoms with Gasteiger partial charge in [-0.15, -0.1) is 10.2 Å². The minimum absolute atomic E-state index is 0.208. The van der Waals surface area contributed by atoms with Gasteiger partial charge in [0.25, 0.3) is 0 Å². The van der Waals surface area contributed by atoms with E-state index in [1.54, 1.807) is 19.4 Å². The Balaban J connectivity index is 1.21. The zero-order chi connectivity index (χ0) is 25.6. The molecule has 0 radical (unpaired) electrons. The summed E-state index contributed by atoms with van der Waals surface area (Å²) in [5.74, 6) is 2.49. The standard InChI is InChI=1S/C26H30F3N7O/c1-37-22-12-20(13-30-33-22)35-14-17-8-9-18(15-35)23(17)31-25-32-24-21(7-2-3-10-36(24)34-25)16-5-4-6-19(11-16)26(27,28)29/h4-6,11-13,17-18,21,23H,2-3,7-10,14-15H2,1H3,(H,31,34)/t17-,18+,21?,23-. The monoisotopic (exact) mass is 513 g/mol. The van der Waals surface area contributed by atoms with Gasteiger partial charge in [0.2, 0.25) is 11.8 Å². The molecule has 0 amide bonds. The van der Waals surface area contributed by atoms with Gasteiger partial charge in [0.15, 0.2) is 0 Å². The maximum Gasteiger partial charge on any atom is 0.416 e. The molecule has 1 aromatic carbocycles. The van der Waals surface area contributed by atoms with E-state index < -0.39 is 11.7 Å². The van der Waals surface area contributed by atoms with Crippen molar-refractivity contribution in [2.75, 3.05) is 30.4 Å². The van der Waals surface area contributed by atoms with Gasteiger partial charge in [-0.3, -0.25) is 0 Å². The zero-order valence-electron chi connectivity index (χ0n) is 20.7. The first-order valence-electron chi connectivity index (χ1n) is 12.9. The highest BCUT2D eigenvalue weighted by atomic mass is 19.4. The van der Waals surface area contributed by atoms with E-state index in [1.807, 2.05) is 10.7 Å². The highest BCUT2D eigenvalue weighted by Crippen LogP contribution is 2.41. The van der Waals surface area contributed by atoms with E-state index in [9.17, 15) is 13.2 Å². The van der Waals surface area contributed by atoms with Crippen molar-refractivity contribution in [3.63, 3.8) is 0 Å². The molecule has 0 spiro atoms. The highest BCUT2D eigenvalue weighted by Gasteiger charge is 2.43. The van der Waals surface area contributed by atoms with E-state index in [0.717, 1.165) is 69.3 Å². The Morgan fingerprint density at radius 1 is 1.05 bits per heavy atom. The van der Waals surface area contributed by atoms with Crippen LogP contribution < -0.4 is 15.0 Å². The SMILES string of the molecule is COc1cc(N2C[C@H]3CC[C@@H](C2)[C@@H]3Nc2nc3n(n2)CCCCC3c2cccc(C(F)(F)F)c2)cnn1. The second kappa shape index (κ2) is 9.50. The number of halogens is 3. The minimum atomic E-state index is -4.37. The molecule has 3 aliphatic rings. The number of rotatable bonds is 5. The Hall–Kier alpha value is -3.37. The lowest BCUT2D eigenvalue weighted by molar-refractivity contribution is -0.137. The van der Waals surface area contributed by atoms with Crippen LogP contribution in [-0.4, -0.2) is 51.2 Å². The number of fused-ring (bicyclic) bond motifs is 3. The quantitative estimate of drug-likeness (QED) is 0.528. The number of nitrogens with one attached hydrogen (secondary N) is 1. The average molecular weight is 514 g/mol. The van der Waals surface area contributed by atoms with E-state index >= 15 is 0 Å². The second-order valence-electron chi connectivity index (χ2n) is 10.3. The number of nitrogens with zero attached hydrogens (tertiary/aromatic N) is 6. The first kappa shape index (κ1) is 24.0. The zero-order valence-corrected chi connectivity index (χ0v) is 20.7. The van der Waals surface area contributed by atoms with Crippen molar-refractivity contribution in [2.24, 2.45) is 11.8 Å². The molecule has 4 atom stereocenters. The fourth-order valence-electron chi connectivity index (χ4n) is 6.25. The molecule has 2 bridgehead atoms. The van der Waals surface area contributed by atoms with Crippen molar-refractivity contribution in [2.45, 2.75) is 56.8 Å². The number of hydrogen-bond acceptors (Lipinski definition) is 7. The number of piperidine rings is 1. The second-order valence-corrected chi connectivity index (χ2v) is 10.3. The van der Waals surface area contributed by atoms with Crippen molar-refractivity contribution >= 4 is 11.6 Å². The number of anilines is 2. The largest absolute Gasteiger partial charge is 0.480 e. The van der Waals surface area contributed by atoms with Gasteiger partial charge < -0.3 is 15.0 Å². The molecule has 1 N–H and O–H groups in total. The molecule has 1 saturated heterocycles. The van der Waals surface area contributed by atoms with E-state index in [2.05, 4.69) is 20.4 Å². The summed E-state index contributed by atoms with van der Waals surface area (Å²) < 4.78 is 47.2. The summed E-state index contributed by atoms with van der Waals surface area (Å²) in [6.07, 6.45) is 2.25. The van der Waals surface area contributed by atoms with Crippen LogP contribution >= 0.6 is 0 Å². The van der Waals surface area contributed by atoms with Crippen LogP contribution in [0, 0.1) is 11.8 Å². The average Bonchev–Trinajstić information content (AvgIpc) is 3.30. The van der Waals surface area contributed by atoms with Gasteiger partial charge in [-0.1, -0.05) is 24.6 Å². The number of aromatic nitrogens is 5. The van der Waals surface area contributed by atoms with E-state index in [-0.39, 0.29) is 12.0 Å². The smallest absolute Gasteiger partial charge is 0.416 e. The van der Waals surface area contributed by atoms with Gasteiger partial charge in [0, 0.05) is 37.7 Å². The van der Waals surface area contributed by atoms with Crippen molar-refractivity contribution < 1.29 is 17.9 Å². The van der Waals surface area contributed by atoms with Gasteiger partial charge in [-0.2, -0.15) is 23.3 Å². The molecule has 6 rings (SSSR count). The normalized spacial score (nSPS) is 25.5. The summed E-state index contributed by atoms with van der Waals surface area (Å²) in [5.41, 5.74) is 1.04. The summed E-state index contributed by atoms with van der Waals surface area (Å²) in [5, 5.41) is 16.4. The maximum absolute atomic E-state index is 13.4. The molecule has 1 unspecified atom stereocenters. The number of alkyl halides is 3. The maximum atomic E-state index is 13.4. The van der Waals surface area contributed by atoms with Crippen molar-refractivity contribution in [3.05, 3.63) is 53.5 Å². The van der Waals surface area contributed by atoms with Crippen LogP contribution in [-0.2, 0) is 12.7 Å². The molecule has 3 aromatic rings. The van der Waals surface area contributed by atoms with Gasteiger partial charge in [-0.25, -0.2) is 4.68 Å². The van der Waals surface area contributed by atoms with Crippen LogP contribution in [0.2, 0.25) is 0 Å². The molecule has 11 heteroatoms. The lowest BCUT2D eigenvalue weighted by atomic mass is 9.92. The molecule has 1 aliphatic carbocycles. The van der Waals surface area contributed by atoms with Gasteiger partial charge in [-0.05, 0) is 49.1 Å². The van der Waals surface area contributed by atoms with Crippen LogP contribution in [0.25, 0.3) is 0 Å². The van der Waals surface area contributed by atoms with Gasteiger partial charge >= 0.3 is 6.18 Å². The summed E-state index contributed by atoms with van der Waals surface area (Å²) >= 11 is 0. The highest BCUT2D eigenvalue weighted by molar-refractivity contribution is 5.48. The van der Waals surface area contributed by atoms with Gasteiger partial charge in [0.05, 0.1) is 24.6 Å². The van der Waals surface area contributed by atoms with Crippen molar-refractivity contribution in [3.8, 4) is 5.88 Å².